The molecule has 22 heavy (non-hydrogen) atoms. The van der Waals surface area contributed by atoms with Crippen LogP contribution in [0.15, 0.2) is 36.4 Å². The van der Waals surface area contributed by atoms with E-state index in [0.29, 0.717) is 11.3 Å². The molecule has 0 aliphatic carbocycles. The second-order valence-electron chi connectivity index (χ2n) is 4.70. The molecule has 1 atom stereocenters. The van der Waals surface area contributed by atoms with Crippen LogP contribution in [-0.4, -0.2) is 10.8 Å². The van der Waals surface area contributed by atoms with E-state index >= 15 is 0 Å². The zero-order valence-electron chi connectivity index (χ0n) is 11.0. The number of anilines is 1. The summed E-state index contributed by atoms with van der Waals surface area (Å²) in [5.41, 5.74) is 0.362. The van der Waals surface area contributed by atoms with E-state index in [2.05, 4.69) is 10.6 Å². The highest BCUT2D eigenvalue weighted by Gasteiger charge is 2.26. The zero-order valence-corrected chi connectivity index (χ0v) is 11.8. The van der Waals surface area contributed by atoms with Gasteiger partial charge < -0.3 is 15.7 Å². The maximum Gasteiger partial charge on any atom is 0.263 e. The van der Waals surface area contributed by atoms with Gasteiger partial charge in [0.05, 0.1) is 10.5 Å². The number of fused-ring (bicyclic) bond motifs is 1. The van der Waals surface area contributed by atoms with Crippen LogP contribution < -0.4 is 15.7 Å². The van der Waals surface area contributed by atoms with E-state index in [1.807, 2.05) is 0 Å². The van der Waals surface area contributed by atoms with Crippen LogP contribution in [0.4, 0.5) is 11.4 Å². The highest BCUT2D eigenvalue weighted by molar-refractivity contribution is 6.31. The number of nitrogens with zero attached hydrogens (tertiary/aromatic N) is 1. The van der Waals surface area contributed by atoms with Crippen molar-refractivity contribution in [2.45, 2.75) is 6.17 Å². The second kappa shape index (κ2) is 5.19. The molecule has 0 radical (unpaired) electrons. The molecule has 0 spiro atoms. The first-order valence-corrected chi connectivity index (χ1v) is 6.66. The summed E-state index contributed by atoms with van der Waals surface area (Å²) in [4.78, 5) is 22.2. The first-order chi connectivity index (χ1) is 10.5. The van der Waals surface area contributed by atoms with E-state index in [-0.39, 0.29) is 16.5 Å². The van der Waals surface area contributed by atoms with Crippen molar-refractivity contribution in [2.24, 2.45) is 0 Å². The van der Waals surface area contributed by atoms with Gasteiger partial charge in [-0.15, -0.1) is 0 Å². The van der Waals surface area contributed by atoms with Crippen LogP contribution in [0, 0.1) is 10.1 Å². The maximum absolute atomic E-state index is 12.2. The van der Waals surface area contributed by atoms with Crippen molar-refractivity contribution in [2.75, 3.05) is 5.32 Å². The predicted octanol–water partition coefficient (Wildman–Crippen LogP) is 2.18. The Morgan fingerprint density at radius 3 is 2.64 bits per heavy atom. The van der Waals surface area contributed by atoms with Crippen LogP contribution in [0.3, 0.4) is 0 Å². The second-order valence-corrected chi connectivity index (χ2v) is 5.13. The number of amides is 1. The highest BCUT2D eigenvalue weighted by Crippen LogP contribution is 2.36. The number of nitro benzene ring substituents is 1. The molecule has 0 unspecified atom stereocenters. The molecule has 2 aromatic rings. The van der Waals surface area contributed by atoms with Crippen molar-refractivity contribution >= 4 is 28.9 Å². The lowest BCUT2D eigenvalue weighted by Crippen LogP contribution is -2.38. The summed E-state index contributed by atoms with van der Waals surface area (Å²) in [5.74, 6) is -1.16. The fourth-order valence-electron chi connectivity index (χ4n) is 2.31. The lowest BCUT2D eigenvalue weighted by molar-refractivity contribution is -0.398. The van der Waals surface area contributed by atoms with E-state index < -0.39 is 22.5 Å². The van der Waals surface area contributed by atoms with Crippen LogP contribution in [0.25, 0.3) is 0 Å². The van der Waals surface area contributed by atoms with Gasteiger partial charge in [0.25, 0.3) is 11.6 Å². The van der Waals surface area contributed by atoms with Gasteiger partial charge in [0, 0.05) is 16.8 Å². The van der Waals surface area contributed by atoms with Gasteiger partial charge in [-0.2, -0.15) is 0 Å². The Bertz CT molecular complexity index is 794. The van der Waals surface area contributed by atoms with Crippen LogP contribution in [-0.2, 0) is 0 Å². The van der Waals surface area contributed by atoms with E-state index in [4.69, 9.17) is 11.6 Å². The summed E-state index contributed by atoms with van der Waals surface area (Å²) in [7, 11) is 0. The molecule has 0 bridgehead atoms. The predicted molar refractivity (Wildman–Crippen MR) is 77.8 cm³/mol. The number of nitrogens with one attached hydrogen (secondary N) is 2. The molecule has 2 N–H and O–H groups in total. The first kappa shape index (κ1) is 14.2. The summed E-state index contributed by atoms with van der Waals surface area (Å²) in [6, 6.07) is 9.06. The third-order valence-corrected chi connectivity index (χ3v) is 3.54. The maximum atomic E-state index is 12.2. The van der Waals surface area contributed by atoms with Crippen molar-refractivity contribution in [1.29, 1.82) is 0 Å². The molecule has 3 rings (SSSR count). The Kier molecular flexibility index (Phi) is 3.34. The van der Waals surface area contributed by atoms with Crippen molar-refractivity contribution in [3.8, 4) is 5.75 Å². The van der Waals surface area contributed by atoms with E-state index in [0.717, 1.165) is 6.07 Å². The van der Waals surface area contributed by atoms with Crippen LogP contribution >= 0.6 is 11.6 Å². The van der Waals surface area contributed by atoms with Gasteiger partial charge in [-0.3, -0.25) is 14.9 Å². The summed E-state index contributed by atoms with van der Waals surface area (Å²) in [6.45, 7) is 0. The summed E-state index contributed by atoms with van der Waals surface area (Å²) < 4.78 is 0. The average molecular weight is 319 g/mol. The number of rotatable bonds is 2. The Balaban J connectivity index is 2.07. The minimum atomic E-state index is -0.882. The van der Waals surface area contributed by atoms with Crippen LogP contribution in [0.1, 0.15) is 22.1 Å². The van der Waals surface area contributed by atoms with Crippen molar-refractivity contribution in [1.82, 2.24) is 5.32 Å². The molecule has 2 aromatic carbocycles. The molecule has 8 heteroatoms. The Hall–Kier alpha value is -2.80. The zero-order chi connectivity index (χ0) is 15.9. The fraction of sp³-hybridized carbons (Fsp3) is 0.0714. The van der Waals surface area contributed by atoms with Gasteiger partial charge in [0.2, 0.25) is 0 Å². The number of para-hydroxylation sites is 1. The molecule has 112 valence electrons. The minimum absolute atomic E-state index is 0.0158. The average Bonchev–Trinajstić information content (AvgIpc) is 2.49. The van der Waals surface area contributed by atoms with Crippen LogP contribution in [0.5, 0.6) is 5.75 Å². The SMILES string of the molecule is O=C1N[C@@H](c2cc(Cl)cc([N+](=O)[O-])c2[O-])Nc2ccccc21. The van der Waals surface area contributed by atoms with Gasteiger partial charge in [-0.1, -0.05) is 23.7 Å². The van der Waals surface area contributed by atoms with E-state index in [9.17, 15) is 20.0 Å². The van der Waals surface area contributed by atoms with Gasteiger partial charge in [0.1, 0.15) is 6.17 Å². The molecule has 1 aliphatic rings. The monoisotopic (exact) mass is 318 g/mol. The van der Waals surface area contributed by atoms with Gasteiger partial charge in [-0.25, -0.2) is 0 Å². The highest BCUT2D eigenvalue weighted by atomic mass is 35.5. The molecule has 0 saturated carbocycles. The van der Waals surface area contributed by atoms with Crippen molar-refractivity contribution in [3.05, 3.63) is 62.7 Å². The van der Waals surface area contributed by atoms with Crippen LogP contribution in [0.2, 0.25) is 5.02 Å². The molecule has 1 amide bonds. The lowest BCUT2D eigenvalue weighted by Gasteiger charge is -2.30. The molecule has 0 fully saturated rings. The normalized spacial score (nSPS) is 16.4. The Labute approximate surface area is 129 Å². The number of hydrogen-bond acceptors (Lipinski definition) is 5. The first-order valence-electron chi connectivity index (χ1n) is 6.28. The van der Waals surface area contributed by atoms with E-state index in [1.165, 1.54) is 6.07 Å². The summed E-state index contributed by atoms with van der Waals surface area (Å²) >= 11 is 5.84. The Morgan fingerprint density at radius 1 is 1.18 bits per heavy atom. The largest absolute Gasteiger partial charge is 0.868 e. The molecular formula is C14H9ClN3O4-. The van der Waals surface area contributed by atoms with Gasteiger partial charge in [-0.05, 0) is 29.5 Å². The summed E-state index contributed by atoms with van der Waals surface area (Å²) in [5, 5.41) is 28.7. The van der Waals surface area contributed by atoms with Crippen molar-refractivity contribution in [3.63, 3.8) is 0 Å². The number of carbonyl (C=O) groups excluding carboxylic acids is 1. The number of hydrogen-bond donors (Lipinski definition) is 2. The molecule has 1 heterocycles. The smallest absolute Gasteiger partial charge is 0.263 e. The number of benzene rings is 2. The summed E-state index contributed by atoms with van der Waals surface area (Å²) in [6.07, 6.45) is -0.882. The molecular weight excluding hydrogens is 310 g/mol. The van der Waals surface area contributed by atoms with Crippen molar-refractivity contribution < 1.29 is 14.8 Å². The minimum Gasteiger partial charge on any atom is -0.868 e. The third-order valence-electron chi connectivity index (χ3n) is 3.32. The number of halogens is 1. The lowest BCUT2D eigenvalue weighted by atomic mass is 10.0. The van der Waals surface area contributed by atoms with Gasteiger partial charge in [0.15, 0.2) is 0 Å². The van der Waals surface area contributed by atoms with E-state index in [1.54, 1.807) is 24.3 Å². The molecule has 7 nitrogen and oxygen atoms in total. The molecule has 1 aliphatic heterocycles. The van der Waals surface area contributed by atoms with Gasteiger partial charge >= 0.3 is 0 Å². The molecule has 0 aromatic heterocycles. The number of nitro groups is 1. The third kappa shape index (κ3) is 2.31. The topological polar surface area (TPSA) is 107 Å². The standard InChI is InChI=1S/C14H10ClN3O4/c15-7-5-9(12(19)11(6-7)18(21)22)13-16-10-4-2-1-3-8(10)14(20)17-13/h1-6,13,16,19H,(H,17,20)/p-1/t13-/m0/s1. The fourth-order valence-corrected chi connectivity index (χ4v) is 2.53. The molecule has 0 saturated heterocycles. The Morgan fingerprint density at radius 2 is 1.91 bits per heavy atom. The number of carbonyl (C=O) groups is 1. The quantitative estimate of drug-likeness (QED) is 0.651.